The maximum absolute atomic E-state index is 12.7. The molecule has 3 aromatic carbocycles. The Morgan fingerprint density at radius 1 is 1.04 bits per heavy atom. The van der Waals surface area contributed by atoms with E-state index in [1.165, 1.54) is 31.5 Å². The van der Waals surface area contributed by atoms with Crippen LogP contribution in [0.15, 0.2) is 66.7 Å². The third-order valence-corrected chi connectivity index (χ3v) is 5.40. The zero-order valence-corrected chi connectivity index (χ0v) is 15.8. The molecule has 1 atom stereocenters. The molecule has 0 unspecified atom stereocenters. The second-order valence-electron chi connectivity index (χ2n) is 7.66. The number of carbonyl (C=O) groups is 1. The molecule has 138 valence electrons. The van der Waals surface area contributed by atoms with Crippen LogP contribution in [0.25, 0.3) is 10.8 Å². The highest BCUT2D eigenvalue weighted by molar-refractivity contribution is 6.09. The van der Waals surface area contributed by atoms with E-state index in [-0.39, 0.29) is 5.91 Å². The fraction of sp³-hybridized carbons (Fsp3) is 0.292. The molecule has 27 heavy (non-hydrogen) atoms. The Morgan fingerprint density at radius 2 is 1.81 bits per heavy atom. The molecule has 0 aliphatic carbocycles. The monoisotopic (exact) mass is 358 g/mol. The maximum Gasteiger partial charge on any atom is 0.255 e. The largest absolute Gasteiger partial charge is 0.321 e. The van der Waals surface area contributed by atoms with Crippen molar-refractivity contribution in [2.45, 2.75) is 26.3 Å². The second-order valence-corrected chi connectivity index (χ2v) is 7.66. The van der Waals surface area contributed by atoms with Gasteiger partial charge in [-0.2, -0.15) is 0 Å². The quantitative estimate of drug-likeness (QED) is 0.684. The van der Waals surface area contributed by atoms with Crippen molar-refractivity contribution in [3.8, 4) is 0 Å². The lowest BCUT2D eigenvalue weighted by Crippen LogP contribution is -2.33. The summed E-state index contributed by atoms with van der Waals surface area (Å²) >= 11 is 0. The Labute approximate surface area is 161 Å². The molecule has 1 N–H and O–H groups in total. The minimum atomic E-state index is -0.0653. The summed E-state index contributed by atoms with van der Waals surface area (Å²) < 4.78 is 0. The molecule has 3 nitrogen and oxygen atoms in total. The average Bonchev–Trinajstić information content (AvgIpc) is 2.69. The third-order valence-electron chi connectivity index (χ3n) is 5.40. The maximum atomic E-state index is 12.7. The molecular formula is C24H26N2O. The minimum absolute atomic E-state index is 0.0653. The van der Waals surface area contributed by atoms with Crippen LogP contribution in [0.4, 0.5) is 5.69 Å². The van der Waals surface area contributed by atoms with Crippen molar-refractivity contribution in [2.75, 3.05) is 18.4 Å². The average molecular weight is 358 g/mol. The van der Waals surface area contributed by atoms with Gasteiger partial charge in [0.1, 0.15) is 0 Å². The summed E-state index contributed by atoms with van der Waals surface area (Å²) in [5, 5.41) is 5.24. The Balaban J connectivity index is 1.44. The predicted octanol–water partition coefficient (Wildman–Crippen LogP) is 5.32. The Bertz CT molecular complexity index is 927. The summed E-state index contributed by atoms with van der Waals surface area (Å²) in [6, 6.07) is 22.1. The van der Waals surface area contributed by atoms with Crippen LogP contribution in [-0.2, 0) is 6.54 Å². The van der Waals surface area contributed by atoms with Crippen LogP contribution in [0.5, 0.6) is 0 Å². The molecule has 0 radical (unpaired) electrons. The number of nitrogens with one attached hydrogen (secondary N) is 1. The highest BCUT2D eigenvalue weighted by atomic mass is 16.1. The fourth-order valence-electron chi connectivity index (χ4n) is 3.98. The van der Waals surface area contributed by atoms with Crippen LogP contribution in [0.2, 0.25) is 0 Å². The van der Waals surface area contributed by atoms with Crippen LogP contribution < -0.4 is 5.32 Å². The molecule has 1 heterocycles. The van der Waals surface area contributed by atoms with Crippen LogP contribution >= 0.6 is 0 Å². The number of amides is 1. The molecule has 1 aliphatic heterocycles. The predicted molar refractivity (Wildman–Crippen MR) is 112 cm³/mol. The summed E-state index contributed by atoms with van der Waals surface area (Å²) in [5.41, 5.74) is 2.81. The molecule has 4 rings (SSSR count). The molecule has 1 saturated heterocycles. The summed E-state index contributed by atoms with van der Waals surface area (Å²) in [6.45, 7) is 5.64. The second kappa shape index (κ2) is 7.93. The van der Waals surface area contributed by atoms with Gasteiger partial charge in [-0.3, -0.25) is 9.69 Å². The summed E-state index contributed by atoms with van der Waals surface area (Å²) in [7, 11) is 0. The van der Waals surface area contributed by atoms with Crippen LogP contribution in [-0.4, -0.2) is 23.9 Å². The number of nitrogens with zero attached hydrogens (tertiary/aromatic N) is 1. The number of hydrogen-bond donors (Lipinski definition) is 1. The Hall–Kier alpha value is -2.65. The lowest BCUT2D eigenvalue weighted by Gasteiger charge is -2.30. The van der Waals surface area contributed by atoms with E-state index in [0.29, 0.717) is 5.56 Å². The molecule has 3 heteroatoms. The smallest absolute Gasteiger partial charge is 0.255 e. The highest BCUT2D eigenvalue weighted by Crippen LogP contribution is 2.24. The molecule has 0 saturated carbocycles. The SMILES string of the molecule is C[C@H]1CCCN(Cc2ccc(C(=O)Nc3cccc4ccccc34)cc2)C1. The van der Waals surface area contributed by atoms with Crippen molar-refractivity contribution in [3.63, 3.8) is 0 Å². The van der Waals surface area contributed by atoms with Crippen molar-refractivity contribution in [1.29, 1.82) is 0 Å². The van der Waals surface area contributed by atoms with Crippen LogP contribution in [0, 0.1) is 5.92 Å². The number of likely N-dealkylation sites (tertiary alicyclic amines) is 1. The number of hydrogen-bond acceptors (Lipinski definition) is 2. The van der Waals surface area contributed by atoms with Gasteiger partial charge in [-0.15, -0.1) is 0 Å². The van der Waals surface area contributed by atoms with Gasteiger partial charge in [0.2, 0.25) is 0 Å². The lowest BCUT2D eigenvalue weighted by atomic mass is 9.99. The van der Waals surface area contributed by atoms with E-state index in [2.05, 4.69) is 41.4 Å². The number of fused-ring (bicyclic) bond motifs is 1. The van der Waals surface area contributed by atoms with Gasteiger partial charge < -0.3 is 5.32 Å². The molecule has 0 aromatic heterocycles. The number of benzene rings is 3. The van der Waals surface area contributed by atoms with Gasteiger partial charge in [0.05, 0.1) is 0 Å². The standard InChI is InChI=1S/C24H26N2O/c1-18-6-5-15-26(16-18)17-19-11-13-21(14-12-19)24(27)25-23-10-4-8-20-7-2-3-9-22(20)23/h2-4,7-14,18H,5-6,15-17H2,1H3,(H,25,27)/t18-/m0/s1. The van der Waals surface area contributed by atoms with E-state index >= 15 is 0 Å². The van der Waals surface area contributed by atoms with Crippen LogP contribution in [0.1, 0.15) is 35.7 Å². The molecule has 3 aromatic rings. The zero-order valence-electron chi connectivity index (χ0n) is 15.8. The van der Waals surface area contributed by atoms with E-state index in [1.807, 2.05) is 42.5 Å². The van der Waals surface area contributed by atoms with Gasteiger partial charge in [-0.25, -0.2) is 0 Å². The van der Waals surface area contributed by atoms with Gasteiger partial charge in [-0.1, -0.05) is 55.5 Å². The van der Waals surface area contributed by atoms with E-state index in [9.17, 15) is 4.79 Å². The first kappa shape index (κ1) is 17.7. The summed E-state index contributed by atoms with van der Waals surface area (Å²) in [4.78, 5) is 15.2. The van der Waals surface area contributed by atoms with Crippen molar-refractivity contribution in [2.24, 2.45) is 5.92 Å². The van der Waals surface area contributed by atoms with Crippen molar-refractivity contribution < 1.29 is 4.79 Å². The van der Waals surface area contributed by atoms with Gasteiger partial charge in [0.25, 0.3) is 5.91 Å². The topological polar surface area (TPSA) is 32.3 Å². The minimum Gasteiger partial charge on any atom is -0.321 e. The summed E-state index contributed by atoms with van der Waals surface area (Å²) in [5.74, 6) is 0.717. The van der Waals surface area contributed by atoms with Crippen molar-refractivity contribution in [1.82, 2.24) is 4.90 Å². The number of carbonyl (C=O) groups excluding carboxylic acids is 1. The molecule has 1 fully saturated rings. The molecule has 0 bridgehead atoms. The van der Waals surface area contributed by atoms with Gasteiger partial charge in [-0.05, 0) is 54.5 Å². The normalized spacial score (nSPS) is 17.7. The first-order valence-corrected chi connectivity index (χ1v) is 9.79. The number of rotatable bonds is 4. The van der Waals surface area contributed by atoms with E-state index in [0.717, 1.165) is 28.9 Å². The van der Waals surface area contributed by atoms with E-state index in [4.69, 9.17) is 0 Å². The Kier molecular flexibility index (Phi) is 5.21. The van der Waals surface area contributed by atoms with Crippen molar-refractivity contribution in [3.05, 3.63) is 77.9 Å². The molecule has 0 spiro atoms. The lowest BCUT2D eigenvalue weighted by molar-refractivity contribution is 0.102. The van der Waals surface area contributed by atoms with Gasteiger partial charge in [0, 0.05) is 29.7 Å². The highest BCUT2D eigenvalue weighted by Gasteiger charge is 2.16. The number of piperidine rings is 1. The van der Waals surface area contributed by atoms with E-state index < -0.39 is 0 Å². The van der Waals surface area contributed by atoms with Crippen LogP contribution in [0.3, 0.4) is 0 Å². The van der Waals surface area contributed by atoms with Gasteiger partial charge >= 0.3 is 0 Å². The number of anilines is 1. The first-order chi connectivity index (χ1) is 13.2. The van der Waals surface area contributed by atoms with Crippen molar-refractivity contribution >= 4 is 22.4 Å². The molecular weight excluding hydrogens is 332 g/mol. The first-order valence-electron chi connectivity index (χ1n) is 9.79. The molecule has 1 aliphatic rings. The van der Waals surface area contributed by atoms with Gasteiger partial charge in [0.15, 0.2) is 0 Å². The fourth-order valence-corrected chi connectivity index (χ4v) is 3.98. The molecule has 1 amide bonds. The Morgan fingerprint density at radius 3 is 2.63 bits per heavy atom. The third kappa shape index (κ3) is 4.20. The van der Waals surface area contributed by atoms with E-state index in [1.54, 1.807) is 0 Å². The summed E-state index contributed by atoms with van der Waals surface area (Å²) in [6.07, 6.45) is 2.62. The zero-order chi connectivity index (χ0) is 18.6.